The van der Waals surface area contributed by atoms with Gasteiger partial charge in [-0.05, 0) is 17.7 Å². The van der Waals surface area contributed by atoms with Gasteiger partial charge in [0.2, 0.25) is 0 Å². The Morgan fingerprint density at radius 3 is 2.88 bits per heavy atom. The Morgan fingerprint density at radius 2 is 2.18 bits per heavy atom. The van der Waals surface area contributed by atoms with Gasteiger partial charge in [-0.2, -0.15) is 5.10 Å². The monoisotopic (exact) mass is 231 g/mol. The molecule has 88 valence electrons. The molecular formula is C12H13N3O2. The summed E-state index contributed by atoms with van der Waals surface area (Å²) in [6.45, 7) is 0.454. The lowest BCUT2D eigenvalue weighted by molar-refractivity contribution is -0.135. The molecule has 0 amide bonds. The van der Waals surface area contributed by atoms with Crippen LogP contribution in [0.15, 0.2) is 42.7 Å². The summed E-state index contributed by atoms with van der Waals surface area (Å²) < 4.78 is 1.76. The minimum absolute atomic E-state index is 0.0482. The van der Waals surface area contributed by atoms with Gasteiger partial charge in [0.15, 0.2) is 0 Å². The second-order valence-electron chi connectivity index (χ2n) is 3.58. The maximum Gasteiger partial charge on any atom is 0.317 e. The number of aliphatic carboxylic acids is 1. The number of rotatable bonds is 5. The summed E-state index contributed by atoms with van der Waals surface area (Å²) in [6.07, 6.45) is 3.57. The minimum Gasteiger partial charge on any atom is -0.480 e. The normalized spacial score (nSPS) is 10.4. The van der Waals surface area contributed by atoms with Gasteiger partial charge in [0.1, 0.15) is 0 Å². The van der Waals surface area contributed by atoms with Crippen molar-refractivity contribution in [1.29, 1.82) is 0 Å². The summed E-state index contributed by atoms with van der Waals surface area (Å²) in [4.78, 5) is 10.4. The zero-order valence-corrected chi connectivity index (χ0v) is 9.21. The maximum atomic E-state index is 10.4. The van der Waals surface area contributed by atoms with Crippen LogP contribution in [-0.2, 0) is 11.3 Å². The fraction of sp³-hybridized carbons (Fsp3) is 0.167. The SMILES string of the molecule is O=C(O)CNCc1ccccc1-n1cccn1. The van der Waals surface area contributed by atoms with Gasteiger partial charge in [-0.1, -0.05) is 18.2 Å². The van der Waals surface area contributed by atoms with E-state index in [-0.39, 0.29) is 6.54 Å². The molecule has 0 saturated carbocycles. The molecule has 0 saturated heterocycles. The average Bonchev–Trinajstić information content (AvgIpc) is 2.82. The van der Waals surface area contributed by atoms with Gasteiger partial charge in [-0.25, -0.2) is 4.68 Å². The summed E-state index contributed by atoms with van der Waals surface area (Å²) in [6, 6.07) is 9.60. The third-order valence-corrected chi connectivity index (χ3v) is 2.33. The highest BCUT2D eigenvalue weighted by atomic mass is 16.4. The van der Waals surface area contributed by atoms with Crippen molar-refractivity contribution in [1.82, 2.24) is 15.1 Å². The van der Waals surface area contributed by atoms with E-state index >= 15 is 0 Å². The lowest BCUT2D eigenvalue weighted by Crippen LogP contribution is -2.22. The second-order valence-corrected chi connectivity index (χ2v) is 3.58. The molecule has 0 radical (unpaired) electrons. The van der Waals surface area contributed by atoms with Crippen LogP contribution in [0.5, 0.6) is 0 Å². The van der Waals surface area contributed by atoms with Gasteiger partial charge < -0.3 is 10.4 Å². The highest BCUT2D eigenvalue weighted by Gasteiger charge is 2.04. The van der Waals surface area contributed by atoms with E-state index in [4.69, 9.17) is 5.11 Å². The molecule has 0 atom stereocenters. The molecule has 2 aromatic rings. The number of nitrogens with zero attached hydrogens (tertiary/aromatic N) is 2. The summed E-state index contributed by atoms with van der Waals surface area (Å²) in [5.74, 6) is -0.860. The quantitative estimate of drug-likeness (QED) is 0.807. The van der Waals surface area contributed by atoms with Gasteiger partial charge in [0.25, 0.3) is 0 Å². The highest BCUT2D eigenvalue weighted by Crippen LogP contribution is 2.12. The molecule has 0 aliphatic heterocycles. The summed E-state index contributed by atoms with van der Waals surface area (Å²) in [7, 11) is 0. The molecule has 0 fully saturated rings. The Labute approximate surface area is 98.7 Å². The number of hydrogen-bond acceptors (Lipinski definition) is 3. The topological polar surface area (TPSA) is 67.2 Å². The minimum atomic E-state index is -0.860. The average molecular weight is 231 g/mol. The standard InChI is InChI=1S/C12H13N3O2/c16-12(17)9-13-8-10-4-1-2-5-11(10)15-7-3-6-14-15/h1-7,13H,8-9H2,(H,16,17). The van der Waals surface area contributed by atoms with Crippen LogP contribution in [-0.4, -0.2) is 27.4 Å². The molecule has 1 aromatic carbocycles. The third-order valence-electron chi connectivity index (χ3n) is 2.33. The van der Waals surface area contributed by atoms with E-state index in [1.807, 2.05) is 36.5 Å². The molecule has 0 unspecified atom stereocenters. The Bertz CT molecular complexity index is 494. The molecule has 2 rings (SSSR count). The molecule has 2 N–H and O–H groups in total. The summed E-state index contributed by atoms with van der Waals surface area (Å²) >= 11 is 0. The molecule has 5 heteroatoms. The van der Waals surface area contributed by atoms with Crippen molar-refractivity contribution in [3.8, 4) is 5.69 Å². The fourth-order valence-corrected chi connectivity index (χ4v) is 1.60. The lowest BCUT2D eigenvalue weighted by Gasteiger charge is -2.09. The number of para-hydroxylation sites is 1. The van der Waals surface area contributed by atoms with Crippen molar-refractivity contribution in [2.24, 2.45) is 0 Å². The van der Waals surface area contributed by atoms with Crippen molar-refractivity contribution >= 4 is 5.97 Å². The number of hydrogen-bond donors (Lipinski definition) is 2. The van der Waals surface area contributed by atoms with Gasteiger partial charge in [-0.3, -0.25) is 4.79 Å². The first kappa shape index (κ1) is 11.3. The van der Waals surface area contributed by atoms with Crippen molar-refractivity contribution in [3.05, 3.63) is 48.3 Å². The van der Waals surface area contributed by atoms with E-state index in [1.54, 1.807) is 10.9 Å². The molecule has 1 heterocycles. The van der Waals surface area contributed by atoms with Crippen LogP contribution in [0.3, 0.4) is 0 Å². The van der Waals surface area contributed by atoms with Gasteiger partial charge in [-0.15, -0.1) is 0 Å². The van der Waals surface area contributed by atoms with Crippen molar-refractivity contribution in [2.75, 3.05) is 6.54 Å². The number of nitrogens with one attached hydrogen (secondary N) is 1. The highest BCUT2D eigenvalue weighted by molar-refractivity contribution is 5.69. The van der Waals surface area contributed by atoms with E-state index in [0.717, 1.165) is 11.3 Å². The van der Waals surface area contributed by atoms with E-state index in [9.17, 15) is 4.79 Å². The smallest absolute Gasteiger partial charge is 0.317 e. The Balaban J connectivity index is 2.14. The fourth-order valence-electron chi connectivity index (χ4n) is 1.60. The van der Waals surface area contributed by atoms with Crippen molar-refractivity contribution < 1.29 is 9.90 Å². The summed E-state index contributed by atoms with van der Waals surface area (Å²) in [5.41, 5.74) is 1.97. The molecule has 5 nitrogen and oxygen atoms in total. The van der Waals surface area contributed by atoms with Crippen LogP contribution in [0.25, 0.3) is 5.69 Å². The Kier molecular flexibility index (Phi) is 3.52. The van der Waals surface area contributed by atoms with Crippen LogP contribution >= 0.6 is 0 Å². The molecule has 0 bridgehead atoms. The van der Waals surface area contributed by atoms with Gasteiger partial charge in [0, 0.05) is 18.9 Å². The maximum absolute atomic E-state index is 10.4. The van der Waals surface area contributed by atoms with Crippen LogP contribution in [0.1, 0.15) is 5.56 Å². The van der Waals surface area contributed by atoms with Gasteiger partial charge in [0.05, 0.1) is 12.2 Å². The number of carbonyl (C=O) groups is 1. The van der Waals surface area contributed by atoms with E-state index in [1.165, 1.54) is 0 Å². The van der Waals surface area contributed by atoms with Crippen molar-refractivity contribution in [2.45, 2.75) is 6.54 Å². The first-order chi connectivity index (χ1) is 8.27. The van der Waals surface area contributed by atoms with Crippen LogP contribution < -0.4 is 5.32 Å². The molecule has 1 aromatic heterocycles. The number of benzene rings is 1. The van der Waals surface area contributed by atoms with Crippen molar-refractivity contribution in [3.63, 3.8) is 0 Å². The Hall–Kier alpha value is -2.14. The number of aromatic nitrogens is 2. The molecular weight excluding hydrogens is 218 g/mol. The summed E-state index contributed by atoms with van der Waals surface area (Å²) in [5, 5.41) is 15.6. The molecule has 17 heavy (non-hydrogen) atoms. The largest absolute Gasteiger partial charge is 0.480 e. The number of carboxylic acid groups (broad SMARTS) is 1. The van der Waals surface area contributed by atoms with E-state index in [0.29, 0.717) is 6.54 Å². The van der Waals surface area contributed by atoms with Gasteiger partial charge >= 0.3 is 5.97 Å². The van der Waals surface area contributed by atoms with Crippen LogP contribution in [0, 0.1) is 0 Å². The van der Waals surface area contributed by atoms with E-state index in [2.05, 4.69) is 10.4 Å². The second kappa shape index (κ2) is 5.27. The lowest BCUT2D eigenvalue weighted by atomic mass is 10.2. The predicted octanol–water partition coefficient (Wildman–Crippen LogP) is 1.05. The molecule has 0 aliphatic carbocycles. The Morgan fingerprint density at radius 1 is 1.35 bits per heavy atom. The van der Waals surface area contributed by atoms with E-state index < -0.39 is 5.97 Å². The first-order valence-corrected chi connectivity index (χ1v) is 5.28. The van der Waals surface area contributed by atoms with Crippen LogP contribution in [0.2, 0.25) is 0 Å². The zero-order valence-electron chi connectivity index (χ0n) is 9.21. The predicted molar refractivity (Wildman–Crippen MR) is 62.9 cm³/mol. The first-order valence-electron chi connectivity index (χ1n) is 5.28. The number of carboxylic acids is 1. The third kappa shape index (κ3) is 2.92. The van der Waals surface area contributed by atoms with Crippen LogP contribution in [0.4, 0.5) is 0 Å². The molecule has 0 aliphatic rings. The molecule has 0 spiro atoms. The zero-order chi connectivity index (χ0) is 12.1.